The predicted molar refractivity (Wildman–Crippen MR) is 135 cm³/mol. The number of thiophene rings is 1. The van der Waals surface area contributed by atoms with Gasteiger partial charge in [0.2, 0.25) is 0 Å². The number of thiocarbonyl (C=S) groups is 1. The number of carbonyl (C=O) groups excluding carboxylic acids is 1. The molecule has 0 saturated heterocycles. The molecule has 6 heteroatoms. The number of aryl methyl sites for hydroxylation is 3. The molecule has 1 heterocycles. The number of hydrogen-bond acceptors (Lipinski definition) is 4. The first-order chi connectivity index (χ1) is 15.0. The number of esters is 1. The number of para-hydroxylation sites is 1. The smallest absolute Gasteiger partial charge is 0.341 e. The zero-order chi connectivity index (χ0) is 22.4. The Morgan fingerprint density at radius 3 is 2.19 bits per heavy atom. The minimum absolute atomic E-state index is 0.313. The van der Waals surface area contributed by atoms with E-state index in [1.165, 1.54) is 22.5 Å². The Hall–Kier alpha value is -2.70. The van der Waals surface area contributed by atoms with Crippen LogP contribution in [-0.4, -0.2) is 17.7 Å². The van der Waals surface area contributed by atoms with E-state index in [-0.39, 0.29) is 5.97 Å². The first-order valence-corrected chi connectivity index (χ1v) is 11.8. The van der Waals surface area contributed by atoms with Crippen molar-refractivity contribution >= 4 is 45.3 Å². The van der Waals surface area contributed by atoms with E-state index in [1.54, 1.807) is 0 Å². The van der Waals surface area contributed by atoms with Crippen molar-refractivity contribution in [3.8, 4) is 11.1 Å². The maximum Gasteiger partial charge on any atom is 0.341 e. The van der Waals surface area contributed by atoms with Gasteiger partial charge in [0.15, 0.2) is 5.11 Å². The van der Waals surface area contributed by atoms with E-state index in [4.69, 9.17) is 17.0 Å². The molecule has 0 saturated carbocycles. The summed E-state index contributed by atoms with van der Waals surface area (Å²) in [6, 6.07) is 16.2. The highest BCUT2D eigenvalue weighted by molar-refractivity contribution is 7.80. The molecule has 0 radical (unpaired) electrons. The van der Waals surface area contributed by atoms with Crippen molar-refractivity contribution in [1.82, 2.24) is 0 Å². The Labute approximate surface area is 193 Å². The van der Waals surface area contributed by atoms with E-state index in [9.17, 15) is 4.79 Å². The molecule has 3 rings (SSSR count). The van der Waals surface area contributed by atoms with Gasteiger partial charge in [-0.25, -0.2) is 4.79 Å². The van der Waals surface area contributed by atoms with Crippen molar-refractivity contribution in [2.75, 3.05) is 17.2 Å². The first-order valence-electron chi connectivity index (χ1n) is 10.5. The highest BCUT2D eigenvalue weighted by Gasteiger charge is 2.25. The van der Waals surface area contributed by atoms with Crippen LogP contribution in [0.4, 0.5) is 10.7 Å². The molecule has 0 aliphatic heterocycles. The van der Waals surface area contributed by atoms with E-state index in [0.717, 1.165) is 34.5 Å². The average Bonchev–Trinajstić information content (AvgIpc) is 3.10. The second-order valence-corrected chi connectivity index (χ2v) is 8.69. The summed E-state index contributed by atoms with van der Waals surface area (Å²) in [5, 5.41) is 7.79. The first kappa shape index (κ1) is 23.0. The van der Waals surface area contributed by atoms with Crippen LogP contribution < -0.4 is 10.6 Å². The fraction of sp³-hybridized carbons (Fsp3) is 0.280. The number of benzene rings is 2. The third kappa shape index (κ3) is 5.14. The van der Waals surface area contributed by atoms with Crippen molar-refractivity contribution in [2.45, 2.75) is 40.5 Å². The molecular weight excluding hydrogens is 424 g/mol. The van der Waals surface area contributed by atoms with Crippen molar-refractivity contribution in [1.29, 1.82) is 0 Å². The van der Waals surface area contributed by atoms with E-state index in [1.807, 2.05) is 44.2 Å². The molecule has 2 aromatic carbocycles. The summed E-state index contributed by atoms with van der Waals surface area (Å²) in [5.74, 6) is -0.348. The highest BCUT2D eigenvalue weighted by atomic mass is 32.1. The maximum absolute atomic E-state index is 12.9. The van der Waals surface area contributed by atoms with Gasteiger partial charge in [-0.1, -0.05) is 62.4 Å². The van der Waals surface area contributed by atoms with Gasteiger partial charge < -0.3 is 15.4 Å². The van der Waals surface area contributed by atoms with Crippen LogP contribution in [0.1, 0.15) is 47.1 Å². The van der Waals surface area contributed by atoms with Crippen LogP contribution in [0.2, 0.25) is 0 Å². The van der Waals surface area contributed by atoms with Crippen LogP contribution in [0.5, 0.6) is 0 Å². The van der Waals surface area contributed by atoms with E-state index >= 15 is 0 Å². The molecule has 0 aliphatic rings. The summed E-state index contributed by atoms with van der Waals surface area (Å²) < 4.78 is 5.38. The van der Waals surface area contributed by atoms with Gasteiger partial charge in [-0.05, 0) is 55.6 Å². The van der Waals surface area contributed by atoms with Gasteiger partial charge in [0.25, 0.3) is 0 Å². The van der Waals surface area contributed by atoms with E-state index in [2.05, 4.69) is 42.7 Å². The summed E-state index contributed by atoms with van der Waals surface area (Å²) in [6.07, 6.45) is 1.81. The highest BCUT2D eigenvalue weighted by Crippen LogP contribution is 2.40. The summed E-state index contributed by atoms with van der Waals surface area (Å²) >= 11 is 7.15. The zero-order valence-corrected chi connectivity index (χ0v) is 20.0. The maximum atomic E-state index is 12.9. The summed E-state index contributed by atoms with van der Waals surface area (Å²) in [6.45, 7) is 8.40. The fourth-order valence-electron chi connectivity index (χ4n) is 3.63. The number of rotatable bonds is 7. The molecule has 1 aromatic heterocycles. The van der Waals surface area contributed by atoms with Crippen LogP contribution >= 0.6 is 23.6 Å². The Morgan fingerprint density at radius 1 is 0.968 bits per heavy atom. The molecule has 0 spiro atoms. The molecule has 0 bridgehead atoms. The Balaban J connectivity index is 1.97. The SMILES string of the molecule is CCOC(=O)c1c(NC(=S)Nc2c(CC)cccc2CC)sc(C)c1-c1ccccc1. The van der Waals surface area contributed by atoms with Crippen molar-refractivity contribution < 1.29 is 9.53 Å². The zero-order valence-electron chi connectivity index (χ0n) is 18.4. The fourth-order valence-corrected chi connectivity index (χ4v) is 4.97. The minimum atomic E-state index is -0.348. The predicted octanol–water partition coefficient (Wildman–Crippen LogP) is 6.83. The molecule has 0 unspecified atom stereocenters. The van der Waals surface area contributed by atoms with E-state index in [0.29, 0.717) is 22.3 Å². The van der Waals surface area contributed by atoms with Crippen molar-refractivity contribution in [3.63, 3.8) is 0 Å². The van der Waals surface area contributed by atoms with Crippen LogP contribution in [0.3, 0.4) is 0 Å². The van der Waals surface area contributed by atoms with Crippen LogP contribution in [0, 0.1) is 6.92 Å². The quantitative estimate of drug-likeness (QED) is 0.304. The van der Waals surface area contributed by atoms with Crippen molar-refractivity contribution in [2.24, 2.45) is 0 Å². The molecule has 0 aliphatic carbocycles. The van der Waals surface area contributed by atoms with Gasteiger partial charge in [-0.15, -0.1) is 11.3 Å². The molecule has 4 nitrogen and oxygen atoms in total. The van der Waals surface area contributed by atoms with Crippen LogP contribution in [0.25, 0.3) is 11.1 Å². The van der Waals surface area contributed by atoms with Gasteiger partial charge >= 0.3 is 5.97 Å². The van der Waals surface area contributed by atoms with Gasteiger partial charge in [0.1, 0.15) is 10.6 Å². The minimum Gasteiger partial charge on any atom is -0.462 e. The molecule has 2 N–H and O–H groups in total. The topological polar surface area (TPSA) is 50.4 Å². The standard InChI is InChI=1S/C25H28N2O2S2/c1-5-17-14-11-15-18(6-2)22(17)26-25(30)27-23-21(24(28)29-7-3)20(16(4)31-23)19-12-9-8-10-13-19/h8-15H,5-7H2,1-4H3,(H2,26,27,30). The van der Waals surface area contributed by atoms with Crippen molar-refractivity contribution in [3.05, 3.63) is 70.1 Å². The molecule has 0 atom stereocenters. The second-order valence-electron chi connectivity index (χ2n) is 7.06. The number of ether oxygens (including phenoxy) is 1. The molecule has 0 amide bonds. The van der Waals surface area contributed by atoms with Crippen LogP contribution in [-0.2, 0) is 17.6 Å². The number of nitrogens with one attached hydrogen (secondary N) is 2. The lowest BCUT2D eigenvalue weighted by Crippen LogP contribution is -2.22. The Kier molecular flexibility index (Phi) is 7.82. The number of anilines is 2. The number of hydrogen-bond donors (Lipinski definition) is 2. The lowest BCUT2D eigenvalue weighted by molar-refractivity contribution is 0.0529. The molecule has 162 valence electrons. The average molecular weight is 453 g/mol. The Bertz CT molecular complexity index is 1050. The number of carbonyl (C=O) groups is 1. The summed E-state index contributed by atoms with van der Waals surface area (Å²) in [4.78, 5) is 13.9. The molecule has 31 heavy (non-hydrogen) atoms. The lowest BCUT2D eigenvalue weighted by atomic mass is 10.0. The van der Waals surface area contributed by atoms with Crippen LogP contribution in [0.15, 0.2) is 48.5 Å². The normalized spacial score (nSPS) is 10.6. The third-order valence-corrected chi connectivity index (χ3v) is 6.32. The largest absolute Gasteiger partial charge is 0.462 e. The summed E-state index contributed by atoms with van der Waals surface area (Å²) in [5.41, 5.74) is 5.86. The third-order valence-electron chi connectivity index (χ3n) is 5.09. The molecular formula is C25H28N2O2S2. The molecule has 3 aromatic rings. The van der Waals surface area contributed by atoms with Gasteiger partial charge in [-0.3, -0.25) is 0 Å². The summed E-state index contributed by atoms with van der Waals surface area (Å²) in [7, 11) is 0. The van der Waals surface area contributed by atoms with E-state index < -0.39 is 0 Å². The molecule has 0 fully saturated rings. The lowest BCUT2D eigenvalue weighted by Gasteiger charge is -2.17. The Morgan fingerprint density at radius 2 is 1.61 bits per heavy atom. The monoisotopic (exact) mass is 452 g/mol. The van der Waals surface area contributed by atoms with Gasteiger partial charge in [-0.2, -0.15) is 0 Å². The second kappa shape index (κ2) is 10.6. The van der Waals surface area contributed by atoms with Gasteiger partial charge in [0.05, 0.1) is 6.61 Å². The van der Waals surface area contributed by atoms with Gasteiger partial charge in [0, 0.05) is 16.1 Å².